The quantitative estimate of drug-likeness (QED) is 0.527. The number of benzene rings is 1. The summed E-state index contributed by atoms with van der Waals surface area (Å²) in [6.07, 6.45) is 1.70. The van der Waals surface area contributed by atoms with Gasteiger partial charge in [0, 0.05) is 24.7 Å². The third kappa shape index (κ3) is 5.00. The van der Waals surface area contributed by atoms with Crippen LogP contribution in [0.3, 0.4) is 0 Å². The Labute approximate surface area is 125 Å². The Morgan fingerprint density at radius 1 is 1.14 bits per heavy atom. The van der Waals surface area contributed by atoms with Gasteiger partial charge in [-0.3, -0.25) is 4.79 Å². The van der Waals surface area contributed by atoms with Crippen molar-refractivity contribution in [2.75, 3.05) is 34.4 Å². The molecule has 0 atom stereocenters. The van der Waals surface area contributed by atoms with Gasteiger partial charge in [0.1, 0.15) is 5.75 Å². The fourth-order valence-corrected chi connectivity index (χ4v) is 1.77. The normalized spacial score (nSPS) is 9.86. The summed E-state index contributed by atoms with van der Waals surface area (Å²) in [5.41, 5.74) is 0.812. The van der Waals surface area contributed by atoms with E-state index in [0.717, 1.165) is 5.56 Å². The van der Waals surface area contributed by atoms with Crippen molar-refractivity contribution in [3.8, 4) is 17.2 Å². The molecule has 1 amide bonds. The minimum absolute atomic E-state index is 0.103. The maximum absolute atomic E-state index is 11.7. The minimum Gasteiger partial charge on any atom is -0.496 e. The van der Waals surface area contributed by atoms with E-state index in [-0.39, 0.29) is 12.5 Å². The number of carbonyl (C=O) groups excluding carboxylic acids is 1. The lowest BCUT2D eigenvalue weighted by molar-refractivity contribution is -0.120. The Morgan fingerprint density at radius 2 is 1.76 bits per heavy atom. The standard InChI is InChI=1S/C15H22N2O4/c1-5-6-16-10-15(18)17-9-11-7-13(20-3)14(21-4)8-12(11)19-2/h5,7-8,16H,1,6,9-10H2,2-4H3,(H,17,18). The minimum atomic E-state index is -0.103. The zero-order valence-electron chi connectivity index (χ0n) is 12.7. The van der Waals surface area contributed by atoms with Crippen LogP contribution in [0.5, 0.6) is 17.2 Å². The van der Waals surface area contributed by atoms with Gasteiger partial charge in [0.15, 0.2) is 11.5 Å². The summed E-state index contributed by atoms with van der Waals surface area (Å²) in [6, 6.07) is 3.52. The van der Waals surface area contributed by atoms with Gasteiger partial charge in [-0.2, -0.15) is 0 Å². The van der Waals surface area contributed by atoms with E-state index >= 15 is 0 Å². The second kappa shape index (κ2) is 8.86. The van der Waals surface area contributed by atoms with Crippen LogP contribution in [0.1, 0.15) is 5.56 Å². The average molecular weight is 294 g/mol. The van der Waals surface area contributed by atoms with Crippen molar-refractivity contribution in [3.63, 3.8) is 0 Å². The predicted molar refractivity (Wildman–Crippen MR) is 81.0 cm³/mol. The highest BCUT2D eigenvalue weighted by Crippen LogP contribution is 2.34. The molecular weight excluding hydrogens is 272 g/mol. The van der Waals surface area contributed by atoms with Crippen LogP contribution in [-0.2, 0) is 11.3 Å². The number of hydrogen-bond donors (Lipinski definition) is 2. The summed E-state index contributed by atoms with van der Waals surface area (Å²) in [7, 11) is 4.69. The molecule has 0 heterocycles. The van der Waals surface area contributed by atoms with E-state index in [2.05, 4.69) is 17.2 Å². The smallest absolute Gasteiger partial charge is 0.234 e. The molecule has 0 saturated heterocycles. The zero-order chi connectivity index (χ0) is 15.7. The van der Waals surface area contributed by atoms with Crippen LogP contribution in [0.2, 0.25) is 0 Å². The first-order chi connectivity index (χ1) is 10.2. The number of carbonyl (C=O) groups is 1. The van der Waals surface area contributed by atoms with Gasteiger partial charge < -0.3 is 24.8 Å². The third-order valence-corrected chi connectivity index (χ3v) is 2.84. The molecule has 0 bridgehead atoms. The summed E-state index contributed by atoms with van der Waals surface area (Å²) in [5, 5.41) is 5.74. The molecule has 6 nitrogen and oxygen atoms in total. The van der Waals surface area contributed by atoms with Crippen molar-refractivity contribution in [2.24, 2.45) is 0 Å². The Morgan fingerprint density at radius 3 is 2.33 bits per heavy atom. The van der Waals surface area contributed by atoms with Crippen LogP contribution in [-0.4, -0.2) is 40.3 Å². The van der Waals surface area contributed by atoms with Gasteiger partial charge in [0.05, 0.1) is 27.9 Å². The van der Waals surface area contributed by atoms with Crippen molar-refractivity contribution >= 4 is 5.91 Å². The van der Waals surface area contributed by atoms with E-state index in [1.54, 1.807) is 39.5 Å². The number of hydrogen-bond acceptors (Lipinski definition) is 5. The molecule has 2 N–H and O–H groups in total. The van der Waals surface area contributed by atoms with E-state index in [9.17, 15) is 4.79 Å². The number of methoxy groups -OCH3 is 3. The maximum atomic E-state index is 11.7. The van der Waals surface area contributed by atoms with Gasteiger partial charge in [0.2, 0.25) is 5.91 Å². The van der Waals surface area contributed by atoms with Crippen molar-refractivity contribution in [1.29, 1.82) is 0 Å². The van der Waals surface area contributed by atoms with Gasteiger partial charge in [-0.1, -0.05) is 6.08 Å². The van der Waals surface area contributed by atoms with Crippen molar-refractivity contribution in [1.82, 2.24) is 10.6 Å². The molecule has 0 spiro atoms. The number of rotatable bonds is 9. The average Bonchev–Trinajstić information content (AvgIpc) is 2.52. The SMILES string of the molecule is C=CCNCC(=O)NCc1cc(OC)c(OC)cc1OC. The summed E-state index contributed by atoms with van der Waals surface area (Å²) >= 11 is 0. The Hall–Kier alpha value is -2.21. The van der Waals surface area contributed by atoms with Gasteiger partial charge in [0.25, 0.3) is 0 Å². The Kier molecular flexibility index (Phi) is 7.11. The Balaban J connectivity index is 2.73. The van der Waals surface area contributed by atoms with E-state index in [0.29, 0.717) is 30.3 Å². The van der Waals surface area contributed by atoms with Crippen LogP contribution >= 0.6 is 0 Å². The monoisotopic (exact) mass is 294 g/mol. The highest BCUT2D eigenvalue weighted by molar-refractivity contribution is 5.78. The van der Waals surface area contributed by atoms with Crippen LogP contribution < -0.4 is 24.8 Å². The molecule has 0 aliphatic heterocycles. The Bertz CT molecular complexity index is 489. The lowest BCUT2D eigenvalue weighted by Gasteiger charge is -2.14. The van der Waals surface area contributed by atoms with E-state index in [4.69, 9.17) is 14.2 Å². The summed E-state index contributed by atoms with van der Waals surface area (Å²) in [5.74, 6) is 1.70. The number of amides is 1. The van der Waals surface area contributed by atoms with Crippen LogP contribution in [0.25, 0.3) is 0 Å². The van der Waals surface area contributed by atoms with E-state index in [1.807, 2.05) is 0 Å². The fourth-order valence-electron chi connectivity index (χ4n) is 1.77. The lowest BCUT2D eigenvalue weighted by Crippen LogP contribution is -2.33. The molecule has 0 radical (unpaired) electrons. The number of nitrogens with one attached hydrogen (secondary N) is 2. The molecule has 0 unspecified atom stereocenters. The maximum Gasteiger partial charge on any atom is 0.234 e. The molecule has 0 saturated carbocycles. The first kappa shape index (κ1) is 16.8. The van der Waals surface area contributed by atoms with Gasteiger partial charge in [-0.05, 0) is 6.07 Å². The van der Waals surface area contributed by atoms with Gasteiger partial charge in [-0.25, -0.2) is 0 Å². The molecule has 116 valence electrons. The molecule has 1 aromatic rings. The fraction of sp³-hybridized carbons (Fsp3) is 0.400. The predicted octanol–water partition coefficient (Wildman–Crippen LogP) is 1.10. The zero-order valence-corrected chi connectivity index (χ0v) is 12.7. The molecule has 0 fully saturated rings. The first-order valence-corrected chi connectivity index (χ1v) is 6.53. The van der Waals surface area contributed by atoms with Gasteiger partial charge >= 0.3 is 0 Å². The molecule has 0 aromatic heterocycles. The van der Waals surface area contributed by atoms with E-state index < -0.39 is 0 Å². The molecule has 6 heteroatoms. The van der Waals surface area contributed by atoms with Crippen molar-refractivity contribution in [3.05, 3.63) is 30.4 Å². The van der Waals surface area contributed by atoms with Crippen LogP contribution in [0.15, 0.2) is 24.8 Å². The van der Waals surface area contributed by atoms with Crippen LogP contribution in [0.4, 0.5) is 0 Å². The highest BCUT2D eigenvalue weighted by atomic mass is 16.5. The largest absolute Gasteiger partial charge is 0.496 e. The molecule has 0 aliphatic rings. The molecule has 21 heavy (non-hydrogen) atoms. The molecule has 0 aliphatic carbocycles. The second-order valence-electron chi connectivity index (χ2n) is 4.22. The summed E-state index contributed by atoms with van der Waals surface area (Å²) in [6.45, 7) is 4.75. The molecule has 1 rings (SSSR count). The van der Waals surface area contributed by atoms with Crippen LogP contribution in [0, 0.1) is 0 Å². The summed E-state index contributed by atoms with van der Waals surface area (Å²) < 4.78 is 15.8. The molecular formula is C15H22N2O4. The topological polar surface area (TPSA) is 68.8 Å². The van der Waals surface area contributed by atoms with Crippen molar-refractivity contribution < 1.29 is 19.0 Å². The van der Waals surface area contributed by atoms with Gasteiger partial charge in [-0.15, -0.1) is 6.58 Å². The summed E-state index contributed by atoms with van der Waals surface area (Å²) in [4.78, 5) is 11.7. The third-order valence-electron chi connectivity index (χ3n) is 2.84. The lowest BCUT2D eigenvalue weighted by atomic mass is 10.1. The molecule has 1 aromatic carbocycles. The first-order valence-electron chi connectivity index (χ1n) is 6.53. The van der Waals surface area contributed by atoms with E-state index in [1.165, 1.54) is 0 Å². The second-order valence-corrected chi connectivity index (χ2v) is 4.22. The highest BCUT2D eigenvalue weighted by Gasteiger charge is 2.12. The van der Waals surface area contributed by atoms with Crippen molar-refractivity contribution in [2.45, 2.75) is 6.54 Å². The number of ether oxygens (including phenoxy) is 3.